The van der Waals surface area contributed by atoms with Crippen molar-refractivity contribution >= 4 is 0 Å². The number of hydrogen-bond acceptors (Lipinski definition) is 4. The SMILES string of the molecule is CCCN1CCC(N2C[C@@H](CO)[C@H](CO)C2)CC1. The first-order valence-corrected chi connectivity index (χ1v) is 7.46. The Bertz CT molecular complexity index is 230. The van der Waals surface area contributed by atoms with Crippen molar-refractivity contribution in [2.75, 3.05) is 45.9 Å². The highest BCUT2D eigenvalue weighted by molar-refractivity contribution is 4.89. The Hall–Kier alpha value is -0.160. The fourth-order valence-electron chi connectivity index (χ4n) is 3.51. The third-order valence-corrected chi connectivity index (χ3v) is 4.69. The largest absolute Gasteiger partial charge is 0.396 e. The van der Waals surface area contributed by atoms with E-state index < -0.39 is 0 Å². The van der Waals surface area contributed by atoms with Crippen molar-refractivity contribution in [1.82, 2.24) is 9.80 Å². The van der Waals surface area contributed by atoms with E-state index in [2.05, 4.69) is 16.7 Å². The van der Waals surface area contributed by atoms with Gasteiger partial charge in [0.15, 0.2) is 0 Å². The van der Waals surface area contributed by atoms with E-state index in [4.69, 9.17) is 0 Å². The van der Waals surface area contributed by atoms with E-state index in [-0.39, 0.29) is 25.0 Å². The molecule has 0 aromatic rings. The van der Waals surface area contributed by atoms with Crippen LogP contribution in [0.3, 0.4) is 0 Å². The van der Waals surface area contributed by atoms with Crippen molar-refractivity contribution in [1.29, 1.82) is 0 Å². The normalized spacial score (nSPS) is 32.2. The molecule has 2 saturated heterocycles. The third-order valence-electron chi connectivity index (χ3n) is 4.69. The van der Waals surface area contributed by atoms with E-state index in [1.165, 1.54) is 38.9 Å². The minimum absolute atomic E-state index is 0.219. The predicted octanol–water partition coefficient (Wildman–Crippen LogP) is 0.393. The summed E-state index contributed by atoms with van der Waals surface area (Å²) >= 11 is 0. The summed E-state index contributed by atoms with van der Waals surface area (Å²) in [6, 6.07) is 0.670. The van der Waals surface area contributed by atoms with Crippen molar-refractivity contribution < 1.29 is 10.2 Å². The molecule has 0 saturated carbocycles. The average Bonchev–Trinajstić information content (AvgIpc) is 2.83. The van der Waals surface area contributed by atoms with Gasteiger partial charge < -0.3 is 15.1 Å². The van der Waals surface area contributed by atoms with Crippen LogP contribution in [0.2, 0.25) is 0 Å². The summed E-state index contributed by atoms with van der Waals surface area (Å²) in [5.74, 6) is 0.562. The van der Waals surface area contributed by atoms with E-state index >= 15 is 0 Å². The number of hydrogen-bond donors (Lipinski definition) is 2. The molecular weight excluding hydrogens is 228 g/mol. The molecule has 0 bridgehead atoms. The lowest BCUT2D eigenvalue weighted by molar-refractivity contribution is 0.118. The summed E-state index contributed by atoms with van der Waals surface area (Å²) in [5.41, 5.74) is 0. The second-order valence-corrected chi connectivity index (χ2v) is 5.91. The van der Waals surface area contributed by atoms with Crippen molar-refractivity contribution in [3.63, 3.8) is 0 Å². The van der Waals surface area contributed by atoms with Crippen LogP contribution in [0.1, 0.15) is 26.2 Å². The number of likely N-dealkylation sites (tertiary alicyclic amines) is 2. The zero-order valence-corrected chi connectivity index (χ0v) is 11.6. The van der Waals surface area contributed by atoms with Gasteiger partial charge in [0.1, 0.15) is 0 Å². The fourth-order valence-corrected chi connectivity index (χ4v) is 3.51. The van der Waals surface area contributed by atoms with E-state index in [9.17, 15) is 10.2 Å². The lowest BCUT2D eigenvalue weighted by atomic mass is 9.98. The molecule has 0 aliphatic carbocycles. The Labute approximate surface area is 111 Å². The number of aliphatic hydroxyl groups excluding tert-OH is 2. The monoisotopic (exact) mass is 256 g/mol. The molecule has 0 aromatic heterocycles. The first kappa shape index (κ1) is 14.3. The van der Waals surface area contributed by atoms with Crippen LogP contribution in [-0.2, 0) is 0 Å². The molecule has 2 aliphatic heterocycles. The third kappa shape index (κ3) is 3.23. The summed E-state index contributed by atoms with van der Waals surface area (Å²) in [7, 11) is 0. The number of aliphatic hydroxyl groups is 2. The van der Waals surface area contributed by atoms with E-state index in [0.717, 1.165) is 13.1 Å². The van der Waals surface area contributed by atoms with Gasteiger partial charge in [0.05, 0.1) is 0 Å². The summed E-state index contributed by atoms with van der Waals surface area (Å²) < 4.78 is 0. The zero-order valence-electron chi connectivity index (χ0n) is 11.6. The van der Waals surface area contributed by atoms with Crippen LogP contribution in [0.5, 0.6) is 0 Å². The van der Waals surface area contributed by atoms with Gasteiger partial charge >= 0.3 is 0 Å². The van der Waals surface area contributed by atoms with Crippen LogP contribution >= 0.6 is 0 Å². The van der Waals surface area contributed by atoms with Gasteiger partial charge in [0.25, 0.3) is 0 Å². The van der Waals surface area contributed by atoms with Crippen molar-refractivity contribution in [2.45, 2.75) is 32.2 Å². The van der Waals surface area contributed by atoms with Crippen LogP contribution in [0.15, 0.2) is 0 Å². The maximum atomic E-state index is 9.35. The highest BCUT2D eigenvalue weighted by atomic mass is 16.3. The lowest BCUT2D eigenvalue weighted by Gasteiger charge is -2.36. The zero-order chi connectivity index (χ0) is 13.0. The topological polar surface area (TPSA) is 46.9 Å². The van der Waals surface area contributed by atoms with Gasteiger partial charge in [-0.15, -0.1) is 0 Å². The minimum atomic E-state index is 0.219. The molecule has 0 aromatic carbocycles. The molecule has 2 N–H and O–H groups in total. The molecule has 4 nitrogen and oxygen atoms in total. The fraction of sp³-hybridized carbons (Fsp3) is 1.00. The van der Waals surface area contributed by atoms with Gasteiger partial charge in [0.2, 0.25) is 0 Å². The van der Waals surface area contributed by atoms with Gasteiger partial charge in [-0.3, -0.25) is 4.90 Å². The maximum absolute atomic E-state index is 9.35. The second kappa shape index (κ2) is 6.85. The maximum Gasteiger partial charge on any atom is 0.0475 e. The minimum Gasteiger partial charge on any atom is -0.396 e. The molecule has 2 atom stereocenters. The molecule has 2 heterocycles. The number of piperidine rings is 1. The van der Waals surface area contributed by atoms with Crippen LogP contribution < -0.4 is 0 Å². The Morgan fingerprint density at radius 2 is 1.56 bits per heavy atom. The van der Waals surface area contributed by atoms with Crippen LogP contribution in [-0.4, -0.2) is 72.0 Å². The molecule has 0 unspecified atom stereocenters. The Morgan fingerprint density at radius 1 is 1.00 bits per heavy atom. The Balaban J connectivity index is 1.80. The molecule has 0 amide bonds. The van der Waals surface area contributed by atoms with Gasteiger partial charge in [-0.05, 0) is 38.9 Å². The molecule has 2 rings (SSSR count). The summed E-state index contributed by atoms with van der Waals surface area (Å²) in [4.78, 5) is 5.06. The van der Waals surface area contributed by atoms with Crippen LogP contribution in [0.25, 0.3) is 0 Å². The van der Waals surface area contributed by atoms with Gasteiger partial charge in [-0.1, -0.05) is 6.92 Å². The first-order valence-electron chi connectivity index (χ1n) is 7.46. The molecule has 0 spiro atoms. The average molecular weight is 256 g/mol. The highest BCUT2D eigenvalue weighted by Crippen LogP contribution is 2.28. The van der Waals surface area contributed by atoms with Crippen LogP contribution in [0.4, 0.5) is 0 Å². The van der Waals surface area contributed by atoms with Crippen molar-refractivity contribution in [2.24, 2.45) is 11.8 Å². The number of nitrogens with zero attached hydrogens (tertiary/aromatic N) is 2. The van der Waals surface area contributed by atoms with Gasteiger partial charge in [0, 0.05) is 44.2 Å². The van der Waals surface area contributed by atoms with Gasteiger partial charge in [-0.2, -0.15) is 0 Å². The molecule has 106 valence electrons. The Morgan fingerprint density at radius 3 is 2.00 bits per heavy atom. The molecular formula is C14H28N2O2. The first-order chi connectivity index (χ1) is 8.78. The molecule has 18 heavy (non-hydrogen) atoms. The van der Waals surface area contributed by atoms with Crippen molar-refractivity contribution in [3.8, 4) is 0 Å². The highest BCUT2D eigenvalue weighted by Gasteiger charge is 2.36. The van der Waals surface area contributed by atoms with Crippen LogP contribution in [0, 0.1) is 11.8 Å². The second-order valence-electron chi connectivity index (χ2n) is 5.91. The molecule has 2 aliphatic rings. The van der Waals surface area contributed by atoms with E-state index in [1.54, 1.807) is 0 Å². The summed E-state index contributed by atoms with van der Waals surface area (Å²) in [6.45, 7) is 8.27. The van der Waals surface area contributed by atoms with E-state index in [1.807, 2.05) is 0 Å². The van der Waals surface area contributed by atoms with Crippen molar-refractivity contribution in [3.05, 3.63) is 0 Å². The molecule has 4 heteroatoms. The molecule has 0 radical (unpaired) electrons. The number of rotatable bonds is 5. The standard InChI is InChI=1S/C14H28N2O2/c1-2-5-15-6-3-14(4-7-15)16-8-12(10-17)13(9-16)11-18/h12-14,17-18H,2-11H2,1H3/t12-,13-/m0/s1. The van der Waals surface area contributed by atoms with Gasteiger partial charge in [-0.25, -0.2) is 0 Å². The molecule has 2 fully saturated rings. The Kier molecular flexibility index (Phi) is 5.42. The summed E-state index contributed by atoms with van der Waals surface area (Å²) in [5, 5.41) is 18.7. The summed E-state index contributed by atoms with van der Waals surface area (Å²) in [6.07, 6.45) is 3.74. The van der Waals surface area contributed by atoms with E-state index in [0.29, 0.717) is 6.04 Å². The lowest BCUT2D eigenvalue weighted by Crippen LogP contribution is -2.44. The smallest absolute Gasteiger partial charge is 0.0475 e. The quantitative estimate of drug-likeness (QED) is 0.747. The predicted molar refractivity (Wildman–Crippen MR) is 72.5 cm³/mol.